The van der Waals surface area contributed by atoms with E-state index in [1.54, 1.807) is 0 Å². The molecule has 0 aliphatic rings. The summed E-state index contributed by atoms with van der Waals surface area (Å²) in [6, 6.07) is 1.87. The largest absolute Gasteiger partial charge is 0.431 e. The Kier molecular flexibility index (Phi) is 3.57. The van der Waals surface area contributed by atoms with Crippen molar-refractivity contribution in [3.8, 4) is 5.75 Å². The van der Waals surface area contributed by atoms with Crippen molar-refractivity contribution in [2.75, 3.05) is 0 Å². The van der Waals surface area contributed by atoms with Crippen LogP contribution < -0.4 is 4.74 Å². The molecule has 0 saturated heterocycles. The van der Waals surface area contributed by atoms with E-state index in [1.165, 1.54) is 0 Å². The van der Waals surface area contributed by atoms with Gasteiger partial charge in [0.05, 0.1) is 5.56 Å². The fourth-order valence-electron chi connectivity index (χ4n) is 1.03. The molecule has 0 bridgehead atoms. The number of hydrogen-bond acceptors (Lipinski definition) is 2. The monoisotopic (exact) mass is 238 g/mol. The van der Waals surface area contributed by atoms with E-state index in [4.69, 9.17) is 11.6 Å². The summed E-state index contributed by atoms with van der Waals surface area (Å²) in [5, 5.41) is -0.0562. The lowest BCUT2D eigenvalue weighted by molar-refractivity contribution is -0.0524. The van der Waals surface area contributed by atoms with E-state index in [1.807, 2.05) is 0 Å². The molecule has 0 heterocycles. The van der Waals surface area contributed by atoms with Gasteiger partial charge < -0.3 is 4.74 Å². The predicted octanol–water partition coefficient (Wildman–Crippen LogP) is 3.28. The predicted molar refractivity (Wildman–Crippen MR) is 48.0 cm³/mol. The third-order valence-corrected chi connectivity index (χ3v) is 1.81. The van der Waals surface area contributed by atoms with Crippen LogP contribution in [0.15, 0.2) is 12.1 Å². The summed E-state index contributed by atoms with van der Waals surface area (Å²) in [4.78, 5) is 11.0. The number of Topliss-reactive ketones (excluding diaryl/α,β-unsaturated/α-hetero) is 1. The lowest BCUT2D eigenvalue weighted by Gasteiger charge is -2.09. The smallest absolute Gasteiger partial charge is 0.387 e. The Hall–Kier alpha value is -1.23. The maximum absolute atomic E-state index is 13.1. The molecule has 0 aliphatic heterocycles. The van der Waals surface area contributed by atoms with Crippen LogP contribution in [0.1, 0.15) is 17.3 Å². The summed E-state index contributed by atoms with van der Waals surface area (Å²) < 4.78 is 40.9. The van der Waals surface area contributed by atoms with Crippen molar-refractivity contribution in [1.82, 2.24) is 0 Å². The third-order valence-electron chi connectivity index (χ3n) is 1.59. The standard InChI is InChI=1S/C9H6ClF3O2/c1-4(14)6-2-5(10)3-7(11)8(6)15-9(12)13/h2-3,9H,1H3. The van der Waals surface area contributed by atoms with E-state index in [2.05, 4.69) is 4.74 Å². The number of carbonyl (C=O) groups excluding carboxylic acids is 1. The molecule has 6 heteroatoms. The lowest BCUT2D eigenvalue weighted by Crippen LogP contribution is -2.08. The summed E-state index contributed by atoms with van der Waals surface area (Å²) in [6.07, 6.45) is 0. The molecule has 1 rings (SSSR count). The van der Waals surface area contributed by atoms with Gasteiger partial charge in [0, 0.05) is 5.02 Å². The Morgan fingerprint density at radius 1 is 1.47 bits per heavy atom. The van der Waals surface area contributed by atoms with Gasteiger partial charge in [0.1, 0.15) is 0 Å². The summed E-state index contributed by atoms with van der Waals surface area (Å²) in [6.45, 7) is -2.09. The summed E-state index contributed by atoms with van der Waals surface area (Å²) in [5.41, 5.74) is -0.305. The van der Waals surface area contributed by atoms with E-state index in [0.29, 0.717) is 0 Å². The zero-order valence-corrected chi connectivity index (χ0v) is 8.32. The molecular formula is C9H6ClF3O2. The Balaban J connectivity index is 3.27. The minimum atomic E-state index is -3.20. The van der Waals surface area contributed by atoms with Crippen molar-refractivity contribution in [2.45, 2.75) is 13.5 Å². The van der Waals surface area contributed by atoms with Crippen LogP contribution in [0.4, 0.5) is 13.2 Å². The van der Waals surface area contributed by atoms with Gasteiger partial charge in [0.25, 0.3) is 0 Å². The highest BCUT2D eigenvalue weighted by molar-refractivity contribution is 6.31. The molecule has 15 heavy (non-hydrogen) atoms. The number of alkyl halides is 2. The molecule has 0 aliphatic carbocycles. The van der Waals surface area contributed by atoms with Gasteiger partial charge in [-0.3, -0.25) is 4.79 Å². The molecule has 1 aromatic carbocycles. The van der Waals surface area contributed by atoms with Crippen molar-refractivity contribution in [1.29, 1.82) is 0 Å². The molecule has 0 unspecified atom stereocenters. The molecule has 0 saturated carbocycles. The van der Waals surface area contributed by atoms with Gasteiger partial charge in [-0.15, -0.1) is 0 Å². The lowest BCUT2D eigenvalue weighted by atomic mass is 10.1. The number of rotatable bonds is 3. The molecule has 0 atom stereocenters. The van der Waals surface area contributed by atoms with Gasteiger partial charge in [-0.2, -0.15) is 8.78 Å². The quantitative estimate of drug-likeness (QED) is 0.756. The number of hydrogen-bond donors (Lipinski definition) is 0. The van der Waals surface area contributed by atoms with Gasteiger partial charge in [0.15, 0.2) is 17.3 Å². The van der Waals surface area contributed by atoms with Crippen LogP contribution in [0.25, 0.3) is 0 Å². The van der Waals surface area contributed by atoms with Gasteiger partial charge >= 0.3 is 6.61 Å². The fourth-order valence-corrected chi connectivity index (χ4v) is 1.24. The zero-order chi connectivity index (χ0) is 11.6. The summed E-state index contributed by atoms with van der Waals surface area (Å²) in [7, 11) is 0. The molecule has 0 fully saturated rings. The highest BCUT2D eigenvalue weighted by Gasteiger charge is 2.18. The average Bonchev–Trinajstić information content (AvgIpc) is 2.08. The Morgan fingerprint density at radius 3 is 2.53 bits per heavy atom. The van der Waals surface area contributed by atoms with Crippen LogP contribution in [-0.4, -0.2) is 12.4 Å². The summed E-state index contributed by atoms with van der Waals surface area (Å²) >= 11 is 5.47. The van der Waals surface area contributed by atoms with Crippen molar-refractivity contribution in [3.63, 3.8) is 0 Å². The number of halogens is 4. The van der Waals surface area contributed by atoms with E-state index in [0.717, 1.165) is 19.1 Å². The second-order valence-electron chi connectivity index (χ2n) is 2.70. The van der Waals surface area contributed by atoms with E-state index >= 15 is 0 Å². The molecule has 1 aromatic rings. The minimum absolute atomic E-state index is 0.0562. The highest BCUT2D eigenvalue weighted by Crippen LogP contribution is 2.28. The first-order valence-electron chi connectivity index (χ1n) is 3.86. The van der Waals surface area contributed by atoms with E-state index < -0.39 is 24.0 Å². The normalized spacial score (nSPS) is 10.5. The second-order valence-corrected chi connectivity index (χ2v) is 3.14. The van der Waals surface area contributed by atoms with Crippen molar-refractivity contribution in [2.24, 2.45) is 0 Å². The van der Waals surface area contributed by atoms with E-state index in [-0.39, 0.29) is 10.6 Å². The number of ketones is 1. The van der Waals surface area contributed by atoms with Crippen molar-refractivity contribution >= 4 is 17.4 Å². The molecule has 0 spiro atoms. The van der Waals surface area contributed by atoms with Crippen LogP contribution in [0.3, 0.4) is 0 Å². The molecular weight excluding hydrogens is 233 g/mol. The van der Waals surface area contributed by atoms with Gasteiger partial charge in [-0.1, -0.05) is 11.6 Å². The first-order valence-corrected chi connectivity index (χ1v) is 4.24. The maximum Gasteiger partial charge on any atom is 0.387 e. The molecule has 82 valence electrons. The van der Waals surface area contributed by atoms with Gasteiger partial charge in [-0.25, -0.2) is 4.39 Å². The highest BCUT2D eigenvalue weighted by atomic mass is 35.5. The van der Waals surface area contributed by atoms with Crippen molar-refractivity contribution in [3.05, 3.63) is 28.5 Å². The molecule has 0 amide bonds. The fraction of sp³-hybridized carbons (Fsp3) is 0.222. The SMILES string of the molecule is CC(=O)c1cc(Cl)cc(F)c1OC(F)F. The van der Waals surface area contributed by atoms with Gasteiger partial charge in [0.2, 0.25) is 0 Å². The Morgan fingerprint density at radius 2 is 2.07 bits per heavy atom. The van der Waals surface area contributed by atoms with Gasteiger partial charge in [-0.05, 0) is 19.1 Å². The summed E-state index contributed by atoms with van der Waals surface area (Å²) in [5.74, 6) is -2.47. The molecule has 0 radical (unpaired) electrons. The zero-order valence-electron chi connectivity index (χ0n) is 7.56. The van der Waals surface area contributed by atoms with Crippen LogP contribution >= 0.6 is 11.6 Å². The first kappa shape index (κ1) is 11.8. The van der Waals surface area contributed by atoms with Crippen molar-refractivity contribution < 1.29 is 22.7 Å². The number of carbonyl (C=O) groups is 1. The van der Waals surface area contributed by atoms with Crippen LogP contribution in [-0.2, 0) is 0 Å². The maximum atomic E-state index is 13.1. The minimum Gasteiger partial charge on any atom is -0.431 e. The van der Waals surface area contributed by atoms with E-state index in [9.17, 15) is 18.0 Å². The molecule has 2 nitrogen and oxygen atoms in total. The Labute approximate surface area is 88.6 Å². The molecule has 0 N–H and O–H groups in total. The van der Waals surface area contributed by atoms with Crippen LogP contribution in [0.2, 0.25) is 5.02 Å². The third kappa shape index (κ3) is 2.86. The number of ether oxygens (including phenoxy) is 1. The Bertz CT molecular complexity index is 393. The average molecular weight is 239 g/mol. The van der Waals surface area contributed by atoms with Crippen LogP contribution in [0.5, 0.6) is 5.75 Å². The topological polar surface area (TPSA) is 26.3 Å². The number of benzene rings is 1. The second kappa shape index (κ2) is 4.53. The molecule has 0 aromatic heterocycles. The first-order chi connectivity index (χ1) is 6.91. The van der Waals surface area contributed by atoms with Crippen LogP contribution in [0, 0.1) is 5.82 Å².